The highest BCUT2D eigenvalue weighted by molar-refractivity contribution is 8.33. The molecule has 0 bridgehead atoms. The molecule has 1 aromatic heterocycles. The van der Waals surface area contributed by atoms with Crippen molar-refractivity contribution in [2.45, 2.75) is 18.1 Å². The Morgan fingerprint density at radius 2 is 2.00 bits per heavy atom. The molecule has 0 aromatic carbocycles. The Hall–Kier alpha value is -0.740. The lowest BCUT2D eigenvalue weighted by atomic mass is 10.1. The standard InChI is InChI=1S/C13H21NOS2/c1-7-8-14-12(15)11-9(2)10(3)16-13(11)17(4,5)6/h7H,1,8H2,2-6H3,(H,14,15). The molecule has 1 rings (SSSR count). The summed E-state index contributed by atoms with van der Waals surface area (Å²) in [5, 5.41) is 2.88. The van der Waals surface area contributed by atoms with Gasteiger partial charge in [-0.05, 0) is 38.2 Å². The fraction of sp³-hybridized carbons (Fsp3) is 0.462. The van der Waals surface area contributed by atoms with Crippen LogP contribution >= 0.6 is 21.4 Å². The molecule has 0 saturated carbocycles. The number of hydrogen-bond acceptors (Lipinski definition) is 2. The monoisotopic (exact) mass is 271 g/mol. The fourth-order valence-corrected chi connectivity index (χ4v) is 4.66. The van der Waals surface area contributed by atoms with Crippen LogP contribution in [-0.4, -0.2) is 31.2 Å². The fourth-order valence-electron chi connectivity index (χ4n) is 1.54. The molecule has 2 nitrogen and oxygen atoms in total. The van der Waals surface area contributed by atoms with E-state index in [1.165, 1.54) is 9.09 Å². The summed E-state index contributed by atoms with van der Waals surface area (Å²) in [6, 6.07) is 0. The number of rotatable bonds is 4. The van der Waals surface area contributed by atoms with Gasteiger partial charge in [0.15, 0.2) is 0 Å². The van der Waals surface area contributed by atoms with Crippen molar-refractivity contribution in [1.29, 1.82) is 0 Å². The third kappa shape index (κ3) is 3.13. The van der Waals surface area contributed by atoms with E-state index in [4.69, 9.17) is 0 Å². The number of carbonyl (C=O) groups is 1. The second kappa shape index (κ2) is 5.27. The van der Waals surface area contributed by atoms with Crippen molar-refractivity contribution in [2.75, 3.05) is 25.3 Å². The lowest BCUT2D eigenvalue weighted by Gasteiger charge is -2.25. The zero-order valence-electron chi connectivity index (χ0n) is 11.2. The van der Waals surface area contributed by atoms with Crippen molar-refractivity contribution in [3.8, 4) is 0 Å². The number of amides is 1. The first-order chi connectivity index (χ1) is 7.79. The summed E-state index contributed by atoms with van der Waals surface area (Å²) in [4.78, 5) is 13.4. The summed E-state index contributed by atoms with van der Waals surface area (Å²) in [5.74, 6) is 0.0316. The molecule has 0 saturated heterocycles. The van der Waals surface area contributed by atoms with Gasteiger partial charge in [-0.3, -0.25) is 4.79 Å². The number of nitrogens with one attached hydrogen (secondary N) is 1. The molecule has 0 fully saturated rings. The van der Waals surface area contributed by atoms with Crippen molar-refractivity contribution >= 4 is 27.3 Å². The van der Waals surface area contributed by atoms with Crippen LogP contribution in [0.2, 0.25) is 0 Å². The van der Waals surface area contributed by atoms with Gasteiger partial charge in [0.2, 0.25) is 0 Å². The molecule has 0 unspecified atom stereocenters. The Morgan fingerprint density at radius 3 is 2.47 bits per heavy atom. The predicted molar refractivity (Wildman–Crippen MR) is 80.0 cm³/mol. The van der Waals surface area contributed by atoms with E-state index in [-0.39, 0.29) is 5.91 Å². The van der Waals surface area contributed by atoms with Gasteiger partial charge in [0, 0.05) is 11.4 Å². The molecule has 1 heterocycles. The van der Waals surface area contributed by atoms with Crippen LogP contribution in [0.25, 0.3) is 0 Å². The van der Waals surface area contributed by atoms with E-state index in [1.807, 2.05) is 6.92 Å². The smallest absolute Gasteiger partial charge is 0.253 e. The molecule has 0 aliphatic carbocycles. The highest BCUT2D eigenvalue weighted by Gasteiger charge is 2.24. The Labute approximate surface area is 109 Å². The van der Waals surface area contributed by atoms with Gasteiger partial charge in [-0.15, -0.1) is 17.9 Å². The first-order valence-electron chi connectivity index (χ1n) is 5.46. The van der Waals surface area contributed by atoms with E-state index in [0.29, 0.717) is 6.54 Å². The zero-order chi connectivity index (χ0) is 13.2. The molecule has 0 aliphatic heterocycles. The normalized spacial score (nSPS) is 12.3. The van der Waals surface area contributed by atoms with Gasteiger partial charge >= 0.3 is 0 Å². The average Bonchev–Trinajstić information content (AvgIpc) is 2.52. The lowest BCUT2D eigenvalue weighted by molar-refractivity contribution is 0.0955. The number of aryl methyl sites for hydroxylation is 1. The Morgan fingerprint density at radius 1 is 1.41 bits per heavy atom. The van der Waals surface area contributed by atoms with Gasteiger partial charge in [0.05, 0.1) is 9.77 Å². The highest BCUT2D eigenvalue weighted by Crippen LogP contribution is 2.52. The Bertz CT molecular complexity index is 441. The molecule has 4 heteroatoms. The maximum absolute atomic E-state index is 12.2. The van der Waals surface area contributed by atoms with Gasteiger partial charge in [-0.1, -0.05) is 6.08 Å². The van der Waals surface area contributed by atoms with Crippen LogP contribution in [0, 0.1) is 13.8 Å². The summed E-state index contributed by atoms with van der Waals surface area (Å²) in [7, 11) is -0.873. The largest absolute Gasteiger partial charge is 0.349 e. The SMILES string of the molecule is C=CCNC(=O)c1c(S(C)(C)C)sc(C)c1C. The predicted octanol–water partition coefficient (Wildman–Crippen LogP) is 3.33. The van der Waals surface area contributed by atoms with Crippen LogP contribution in [0.15, 0.2) is 16.9 Å². The molecule has 0 atom stereocenters. The number of hydrogen-bond donors (Lipinski definition) is 1. The minimum absolute atomic E-state index is 0.0316. The van der Waals surface area contributed by atoms with Crippen LogP contribution in [0.3, 0.4) is 0 Å². The van der Waals surface area contributed by atoms with Gasteiger partial charge in [-0.25, -0.2) is 10.0 Å². The van der Waals surface area contributed by atoms with Gasteiger partial charge in [-0.2, -0.15) is 0 Å². The second-order valence-electron chi connectivity index (χ2n) is 4.78. The van der Waals surface area contributed by atoms with Crippen molar-refractivity contribution in [1.82, 2.24) is 5.32 Å². The zero-order valence-corrected chi connectivity index (χ0v) is 12.8. The van der Waals surface area contributed by atoms with E-state index < -0.39 is 10.0 Å². The van der Waals surface area contributed by atoms with E-state index >= 15 is 0 Å². The summed E-state index contributed by atoms with van der Waals surface area (Å²) < 4.78 is 1.24. The lowest BCUT2D eigenvalue weighted by Crippen LogP contribution is -2.24. The third-order valence-corrected chi connectivity index (χ3v) is 6.61. The topological polar surface area (TPSA) is 29.1 Å². The average molecular weight is 271 g/mol. The minimum Gasteiger partial charge on any atom is -0.349 e. The van der Waals surface area contributed by atoms with E-state index in [0.717, 1.165) is 11.1 Å². The molecule has 96 valence electrons. The molecule has 0 radical (unpaired) electrons. The first-order valence-corrected chi connectivity index (χ1v) is 9.14. The summed E-state index contributed by atoms with van der Waals surface area (Å²) in [5.41, 5.74) is 2.01. The van der Waals surface area contributed by atoms with E-state index in [1.54, 1.807) is 17.4 Å². The van der Waals surface area contributed by atoms with Gasteiger partial charge in [0.1, 0.15) is 0 Å². The molecular weight excluding hydrogens is 250 g/mol. The van der Waals surface area contributed by atoms with Crippen molar-refractivity contribution < 1.29 is 4.79 Å². The first kappa shape index (κ1) is 14.3. The van der Waals surface area contributed by atoms with E-state index in [9.17, 15) is 4.79 Å². The second-order valence-corrected chi connectivity index (χ2v) is 10.3. The molecule has 1 N–H and O–H groups in total. The van der Waals surface area contributed by atoms with Crippen LogP contribution in [-0.2, 0) is 0 Å². The van der Waals surface area contributed by atoms with Crippen molar-refractivity contribution in [3.05, 3.63) is 28.7 Å². The Balaban J connectivity index is 3.21. The van der Waals surface area contributed by atoms with Gasteiger partial charge in [0.25, 0.3) is 5.91 Å². The molecule has 1 aromatic rings. The summed E-state index contributed by atoms with van der Waals surface area (Å²) in [6.07, 6.45) is 8.38. The maximum Gasteiger partial charge on any atom is 0.253 e. The van der Waals surface area contributed by atoms with Crippen LogP contribution in [0.1, 0.15) is 20.8 Å². The van der Waals surface area contributed by atoms with E-state index in [2.05, 4.69) is 37.6 Å². The quantitative estimate of drug-likeness (QED) is 0.836. The molecule has 17 heavy (non-hydrogen) atoms. The molecule has 0 aliphatic rings. The minimum atomic E-state index is -0.873. The number of carbonyl (C=O) groups excluding carboxylic acids is 1. The number of thiophene rings is 1. The van der Waals surface area contributed by atoms with Crippen LogP contribution in [0.4, 0.5) is 0 Å². The molecule has 1 amide bonds. The maximum atomic E-state index is 12.2. The van der Waals surface area contributed by atoms with Gasteiger partial charge < -0.3 is 5.32 Å². The Kier molecular flexibility index (Phi) is 4.44. The van der Waals surface area contributed by atoms with Crippen molar-refractivity contribution in [2.24, 2.45) is 0 Å². The van der Waals surface area contributed by atoms with Crippen LogP contribution < -0.4 is 5.32 Å². The summed E-state index contributed by atoms with van der Waals surface area (Å²) in [6.45, 7) is 8.25. The highest BCUT2D eigenvalue weighted by atomic mass is 32.3. The molecule has 0 spiro atoms. The summed E-state index contributed by atoms with van der Waals surface area (Å²) >= 11 is 1.76. The van der Waals surface area contributed by atoms with Crippen molar-refractivity contribution in [3.63, 3.8) is 0 Å². The third-order valence-electron chi connectivity index (χ3n) is 2.54. The van der Waals surface area contributed by atoms with Crippen LogP contribution in [0.5, 0.6) is 0 Å². The molecular formula is C13H21NOS2.